The van der Waals surface area contributed by atoms with Crippen molar-refractivity contribution < 1.29 is 4.42 Å². The summed E-state index contributed by atoms with van der Waals surface area (Å²) in [5.41, 5.74) is 2.79. The molecule has 0 atom stereocenters. The van der Waals surface area contributed by atoms with E-state index in [4.69, 9.17) is 16.0 Å². The number of nitrogens with zero attached hydrogens (tertiary/aromatic N) is 8. The first-order chi connectivity index (χ1) is 14.2. The molecule has 9 nitrogen and oxygen atoms in total. The Morgan fingerprint density at radius 1 is 0.931 bits per heavy atom. The van der Waals surface area contributed by atoms with Gasteiger partial charge in [0.05, 0.1) is 11.0 Å². The summed E-state index contributed by atoms with van der Waals surface area (Å²) < 4.78 is 7.82. The molecule has 0 N–H and O–H groups in total. The van der Waals surface area contributed by atoms with E-state index in [-0.39, 0.29) is 6.54 Å². The number of aryl methyl sites for hydroxylation is 1. The number of para-hydroxylation sites is 2. The Bertz CT molecular complexity index is 1290. The van der Waals surface area contributed by atoms with Gasteiger partial charge < -0.3 is 8.98 Å². The number of halogens is 1. The lowest BCUT2D eigenvalue weighted by Crippen LogP contribution is -2.04. The van der Waals surface area contributed by atoms with Gasteiger partial charge in [0.1, 0.15) is 18.9 Å². The topological polar surface area (TPSA) is 100 Å². The monoisotopic (exact) mass is 406 g/mol. The number of aromatic nitrogens is 8. The second-order valence-electron chi connectivity index (χ2n) is 6.47. The molecule has 0 spiro atoms. The number of fused-ring (bicyclic) bond motifs is 1. The van der Waals surface area contributed by atoms with Crippen LogP contribution in [0.1, 0.15) is 17.6 Å². The minimum Gasteiger partial charge on any atom is -0.421 e. The normalized spacial score (nSPS) is 11.4. The zero-order chi connectivity index (χ0) is 19.8. The van der Waals surface area contributed by atoms with Crippen LogP contribution < -0.4 is 0 Å². The van der Waals surface area contributed by atoms with Gasteiger partial charge in [-0.2, -0.15) is 4.80 Å². The van der Waals surface area contributed by atoms with Gasteiger partial charge >= 0.3 is 0 Å². The van der Waals surface area contributed by atoms with Gasteiger partial charge in [-0.3, -0.25) is 0 Å². The van der Waals surface area contributed by atoms with E-state index < -0.39 is 0 Å². The van der Waals surface area contributed by atoms with Crippen LogP contribution in [-0.4, -0.2) is 40.0 Å². The molecule has 0 aliphatic rings. The molecule has 0 aliphatic carbocycles. The van der Waals surface area contributed by atoms with Gasteiger partial charge in [-0.15, -0.1) is 20.4 Å². The second-order valence-corrected chi connectivity index (χ2v) is 6.91. The summed E-state index contributed by atoms with van der Waals surface area (Å²) in [6.45, 7) is 2.63. The number of hydrogen-bond acceptors (Lipinski definition) is 7. The van der Waals surface area contributed by atoms with Crippen molar-refractivity contribution in [1.82, 2.24) is 40.0 Å². The van der Waals surface area contributed by atoms with Crippen LogP contribution in [-0.2, 0) is 13.1 Å². The molecule has 0 unspecified atom stereocenters. The Kier molecular flexibility index (Phi) is 4.28. The van der Waals surface area contributed by atoms with Gasteiger partial charge in [-0.25, -0.2) is 4.98 Å². The zero-order valence-electron chi connectivity index (χ0n) is 15.4. The first kappa shape index (κ1) is 17.5. The van der Waals surface area contributed by atoms with Crippen molar-refractivity contribution in [3.63, 3.8) is 0 Å². The van der Waals surface area contributed by atoms with E-state index in [0.717, 1.165) is 22.4 Å². The van der Waals surface area contributed by atoms with Crippen molar-refractivity contribution in [1.29, 1.82) is 0 Å². The van der Waals surface area contributed by atoms with Gasteiger partial charge in [0.25, 0.3) is 0 Å². The van der Waals surface area contributed by atoms with Crippen molar-refractivity contribution in [2.45, 2.75) is 20.0 Å². The molecule has 3 aromatic heterocycles. The maximum atomic E-state index is 5.91. The molecule has 0 bridgehead atoms. The quantitative estimate of drug-likeness (QED) is 0.442. The van der Waals surface area contributed by atoms with Crippen LogP contribution in [0.25, 0.3) is 22.4 Å². The molecule has 0 radical (unpaired) electrons. The largest absolute Gasteiger partial charge is 0.421 e. The van der Waals surface area contributed by atoms with E-state index in [0.29, 0.717) is 29.2 Å². The summed E-state index contributed by atoms with van der Waals surface area (Å²) in [4.78, 5) is 5.97. The zero-order valence-corrected chi connectivity index (χ0v) is 16.2. The van der Waals surface area contributed by atoms with Crippen LogP contribution in [0.3, 0.4) is 0 Å². The highest BCUT2D eigenvalue weighted by molar-refractivity contribution is 6.30. The molecule has 5 aromatic rings. The molecule has 0 fully saturated rings. The smallest absolute Gasteiger partial charge is 0.239 e. The van der Waals surface area contributed by atoms with Crippen molar-refractivity contribution in [3.05, 3.63) is 71.2 Å². The lowest BCUT2D eigenvalue weighted by Gasteiger charge is -2.02. The third kappa shape index (κ3) is 3.47. The number of hydrogen-bond donors (Lipinski definition) is 0. The van der Waals surface area contributed by atoms with Crippen molar-refractivity contribution >= 4 is 22.6 Å². The minimum atomic E-state index is 0.233. The van der Waals surface area contributed by atoms with Crippen LogP contribution in [0.4, 0.5) is 0 Å². The Labute approximate surface area is 170 Å². The van der Waals surface area contributed by atoms with Crippen molar-refractivity contribution in [2.24, 2.45) is 0 Å². The summed E-state index contributed by atoms with van der Waals surface area (Å²) >= 11 is 5.91. The molecule has 29 heavy (non-hydrogen) atoms. The Morgan fingerprint density at radius 2 is 1.69 bits per heavy atom. The van der Waals surface area contributed by atoms with Gasteiger partial charge in [-0.05, 0) is 48.5 Å². The number of imidazole rings is 1. The van der Waals surface area contributed by atoms with E-state index in [1.807, 2.05) is 47.9 Å². The molecular formula is C19H15ClN8O. The molecule has 3 heterocycles. The Morgan fingerprint density at radius 3 is 2.52 bits per heavy atom. The summed E-state index contributed by atoms with van der Waals surface area (Å²) in [5, 5.41) is 21.4. The summed E-state index contributed by atoms with van der Waals surface area (Å²) in [5.74, 6) is 2.28. The van der Waals surface area contributed by atoms with Gasteiger partial charge in [0, 0.05) is 10.6 Å². The first-order valence-corrected chi connectivity index (χ1v) is 9.30. The molecule has 10 heteroatoms. The van der Waals surface area contributed by atoms with Crippen molar-refractivity contribution in [3.8, 4) is 11.4 Å². The van der Waals surface area contributed by atoms with E-state index in [2.05, 4.69) is 30.6 Å². The number of rotatable bonds is 5. The summed E-state index contributed by atoms with van der Waals surface area (Å²) in [7, 11) is 0. The standard InChI is InChI=1S/C19H15ClN8O/c1-12-21-15-4-2-3-5-16(15)27(12)10-17-22-23-18(29-17)11-28-25-19(24-26-28)13-6-8-14(20)9-7-13/h2-9H,10-11H2,1H3. The fraction of sp³-hybridized carbons (Fsp3) is 0.158. The SMILES string of the molecule is Cc1nc2ccccc2n1Cc1nnc(Cn2nnc(-c3ccc(Cl)cc3)n2)o1. The van der Waals surface area contributed by atoms with Gasteiger partial charge in [0.2, 0.25) is 17.6 Å². The molecule has 2 aromatic carbocycles. The third-order valence-corrected chi connectivity index (χ3v) is 4.73. The van der Waals surface area contributed by atoms with Crippen molar-refractivity contribution in [2.75, 3.05) is 0 Å². The van der Waals surface area contributed by atoms with Gasteiger partial charge in [-0.1, -0.05) is 23.7 Å². The lowest BCUT2D eigenvalue weighted by atomic mass is 10.2. The van der Waals surface area contributed by atoms with Crippen LogP contribution in [0.2, 0.25) is 5.02 Å². The van der Waals surface area contributed by atoms with Crippen LogP contribution in [0.15, 0.2) is 52.9 Å². The highest BCUT2D eigenvalue weighted by atomic mass is 35.5. The first-order valence-electron chi connectivity index (χ1n) is 8.92. The Balaban J connectivity index is 1.33. The predicted octanol–water partition coefficient (Wildman–Crippen LogP) is 3.13. The molecule has 0 aliphatic heterocycles. The molecular weight excluding hydrogens is 392 g/mol. The molecule has 144 valence electrons. The van der Waals surface area contributed by atoms with E-state index in [1.165, 1.54) is 4.80 Å². The fourth-order valence-electron chi connectivity index (χ4n) is 3.09. The highest BCUT2D eigenvalue weighted by Crippen LogP contribution is 2.18. The minimum absolute atomic E-state index is 0.233. The van der Waals surface area contributed by atoms with E-state index in [1.54, 1.807) is 12.1 Å². The maximum Gasteiger partial charge on any atom is 0.239 e. The second kappa shape index (κ2) is 7.10. The molecule has 0 saturated heterocycles. The van der Waals surface area contributed by atoms with Crippen LogP contribution in [0, 0.1) is 6.92 Å². The maximum absolute atomic E-state index is 5.91. The molecule has 0 saturated carbocycles. The predicted molar refractivity (Wildman–Crippen MR) is 105 cm³/mol. The van der Waals surface area contributed by atoms with E-state index >= 15 is 0 Å². The number of tetrazole rings is 1. The highest BCUT2D eigenvalue weighted by Gasteiger charge is 2.14. The Hall–Kier alpha value is -3.59. The number of benzene rings is 2. The van der Waals surface area contributed by atoms with E-state index in [9.17, 15) is 0 Å². The molecule has 5 rings (SSSR count). The van der Waals surface area contributed by atoms with Crippen LogP contribution >= 0.6 is 11.6 Å². The average molecular weight is 407 g/mol. The van der Waals surface area contributed by atoms with Crippen LogP contribution in [0.5, 0.6) is 0 Å². The average Bonchev–Trinajstić information content (AvgIpc) is 3.44. The third-order valence-electron chi connectivity index (χ3n) is 4.48. The van der Waals surface area contributed by atoms with Gasteiger partial charge in [0.15, 0.2) is 0 Å². The summed E-state index contributed by atoms with van der Waals surface area (Å²) in [6.07, 6.45) is 0. The summed E-state index contributed by atoms with van der Waals surface area (Å²) in [6, 6.07) is 15.2. The fourth-order valence-corrected chi connectivity index (χ4v) is 3.22. The molecule has 0 amide bonds. The lowest BCUT2D eigenvalue weighted by molar-refractivity contribution is 0.406.